The van der Waals surface area contributed by atoms with Crippen LogP contribution in [0.1, 0.15) is 58.7 Å². The fourth-order valence-electron chi connectivity index (χ4n) is 3.47. The van der Waals surface area contributed by atoms with Crippen LogP contribution in [0.2, 0.25) is 0 Å². The first kappa shape index (κ1) is 23.2. The van der Waals surface area contributed by atoms with E-state index in [1.807, 2.05) is 50.2 Å². The third-order valence-electron chi connectivity index (χ3n) is 5.43. The quantitative estimate of drug-likeness (QED) is 0.495. The second-order valence-corrected chi connectivity index (χ2v) is 8.23. The lowest BCUT2D eigenvalue weighted by Crippen LogP contribution is -2.34. The summed E-state index contributed by atoms with van der Waals surface area (Å²) < 4.78 is 0. The Hall–Kier alpha value is -3.47. The summed E-state index contributed by atoms with van der Waals surface area (Å²) in [5.74, 6) is -0.407. The molecule has 3 rings (SSSR count). The lowest BCUT2D eigenvalue weighted by molar-refractivity contribution is 0.0922. The highest BCUT2D eigenvalue weighted by Crippen LogP contribution is 2.08. The number of aromatic nitrogens is 1. The van der Waals surface area contributed by atoms with Crippen molar-refractivity contribution in [3.63, 3.8) is 0 Å². The van der Waals surface area contributed by atoms with Gasteiger partial charge in [0.1, 0.15) is 5.69 Å². The zero-order valence-electron chi connectivity index (χ0n) is 18.8. The maximum Gasteiger partial charge on any atom is 0.270 e. The lowest BCUT2D eigenvalue weighted by atomic mass is 10.1. The van der Waals surface area contributed by atoms with E-state index in [2.05, 4.69) is 39.9 Å². The highest BCUT2D eigenvalue weighted by Gasteiger charge is 2.14. The number of hydrogen-bond acceptors (Lipinski definition) is 3. The molecule has 1 aromatic heterocycles. The van der Waals surface area contributed by atoms with Gasteiger partial charge in [0, 0.05) is 18.3 Å². The van der Waals surface area contributed by atoms with Crippen molar-refractivity contribution in [1.82, 2.24) is 15.6 Å². The molecule has 0 fully saturated rings. The molecule has 0 saturated carbocycles. The number of nitrogens with one attached hydrogen (secondary N) is 2. The second-order valence-electron chi connectivity index (χ2n) is 8.23. The van der Waals surface area contributed by atoms with Crippen LogP contribution < -0.4 is 10.6 Å². The Balaban J connectivity index is 1.44. The van der Waals surface area contributed by atoms with Crippen LogP contribution in [-0.4, -0.2) is 28.9 Å². The Morgan fingerprint density at radius 1 is 0.719 bits per heavy atom. The van der Waals surface area contributed by atoms with Gasteiger partial charge in [-0.1, -0.05) is 60.7 Å². The Morgan fingerprint density at radius 2 is 1.22 bits per heavy atom. The average Bonchev–Trinajstić information content (AvgIpc) is 2.83. The number of carbonyl (C=O) groups excluding carboxylic acids is 2. The zero-order valence-corrected chi connectivity index (χ0v) is 18.8. The molecule has 5 nitrogen and oxygen atoms in total. The van der Waals surface area contributed by atoms with Crippen LogP contribution in [0.5, 0.6) is 0 Å². The number of rotatable bonds is 10. The molecule has 0 unspecified atom stereocenters. The molecule has 0 radical (unpaired) electrons. The van der Waals surface area contributed by atoms with Crippen molar-refractivity contribution < 1.29 is 9.59 Å². The molecule has 0 aliphatic carbocycles. The molecular weight excluding hydrogens is 398 g/mol. The summed E-state index contributed by atoms with van der Waals surface area (Å²) in [5.41, 5.74) is 3.26. The molecule has 2 aromatic carbocycles. The number of aryl methyl sites for hydroxylation is 2. The zero-order chi connectivity index (χ0) is 22.8. The molecule has 3 aromatic rings. The van der Waals surface area contributed by atoms with E-state index < -0.39 is 0 Å². The Kier molecular flexibility index (Phi) is 8.55. The van der Waals surface area contributed by atoms with Crippen LogP contribution >= 0.6 is 0 Å². The molecule has 1 heterocycles. The summed E-state index contributed by atoms with van der Waals surface area (Å²) >= 11 is 0. The van der Waals surface area contributed by atoms with Crippen molar-refractivity contribution in [2.45, 2.75) is 51.6 Å². The summed E-state index contributed by atoms with van der Waals surface area (Å²) in [7, 11) is 0. The minimum absolute atomic E-state index is 0.0259. The van der Waals surface area contributed by atoms with E-state index in [4.69, 9.17) is 0 Å². The number of benzene rings is 2. The molecule has 0 saturated heterocycles. The summed E-state index contributed by atoms with van der Waals surface area (Å²) in [6, 6.07) is 23.7. The van der Waals surface area contributed by atoms with Crippen molar-refractivity contribution in [2.75, 3.05) is 0 Å². The van der Waals surface area contributed by atoms with Crippen LogP contribution in [0.15, 0.2) is 79.0 Å². The predicted molar refractivity (Wildman–Crippen MR) is 128 cm³/mol. The van der Waals surface area contributed by atoms with Gasteiger partial charge < -0.3 is 10.6 Å². The molecular formula is C27H31N3O2. The molecule has 166 valence electrons. The van der Waals surface area contributed by atoms with Crippen molar-refractivity contribution in [1.29, 1.82) is 0 Å². The van der Waals surface area contributed by atoms with Crippen LogP contribution in [-0.2, 0) is 12.8 Å². The van der Waals surface area contributed by atoms with Crippen LogP contribution in [0.25, 0.3) is 0 Å². The minimum Gasteiger partial charge on any atom is -0.350 e. The molecule has 0 bridgehead atoms. The number of hydrogen-bond donors (Lipinski definition) is 2. The number of carbonyl (C=O) groups is 2. The topological polar surface area (TPSA) is 71.1 Å². The monoisotopic (exact) mass is 429 g/mol. The molecule has 2 N–H and O–H groups in total. The van der Waals surface area contributed by atoms with Crippen LogP contribution in [0.4, 0.5) is 0 Å². The Bertz CT molecular complexity index is 906. The van der Waals surface area contributed by atoms with Crippen LogP contribution in [0.3, 0.4) is 0 Å². The van der Waals surface area contributed by atoms with E-state index >= 15 is 0 Å². The normalized spacial score (nSPS) is 12.6. The molecule has 0 spiro atoms. The Morgan fingerprint density at radius 3 is 1.69 bits per heavy atom. The van der Waals surface area contributed by atoms with E-state index in [1.54, 1.807) is 12.1 Å². The van der Waals surface area contributed by atoms with Gasteiger partial charge >= 0.3 is 0 Å². The van der Waals surface area contributed by atoms with Gasteiger partial charge in [-0.3, -0.25) is 14.6 Å². The van der Waals surface area contributed by atoms with Gasteiger partial charge in [-0.15, -0.1) is 0 Å². The maximum absolute atomic E-state index is 12.5. The summed E-state index contributed by atoms with van der Waals surface area (Å²) in [5, 5.41) is 5.98. The molecule has 5 heteroatoms. The summed E-state index contributed by atoms with van der Waals surface area (Å²) in [6.45, 7) is 3.98. The van der Waals surface area contributed by atoms with Crippen molar-refractivity contribution in [3.05, 3.63) is 101 Å². The first-order chi connectivity index (χ1) is 15.5. The highest BCUT2D eigenvalue weighted by molar-refractivity contribution is 5.96. The van der Waals surface area contributed by atoms with Crippen LogP contribution in [0, 0.1) is 0 Å². The van der Waals surface area contributed by atoms with Gasteiger partial charge in [0.2, 0.25) is 0 Å². The van der Waals surface area contributed by atoms with Gasteiger partial charge in [0.25, 0.3) is 11.8 Å². The van der Waals surface area contributed by atoms with Crippen molar-refractivity contribution >= 4 is 11.8 Å². The summed E-state index contributed by atoms with van der Waals surface area (Å²) in [4.78, 5) is 29.2. The van der Waals surface area contributed by atoms with Gasteiger partial charge in [-0.25, -0.2) is 0 Å². The standard InChI is InChI=1S/C27H31N3O2/c1-20(13-15-22-9-5-3-6-10-22)29-26(31)24-17-18-25(28-19-24)27(32)30-21(2)14-16-23-11-7-4-8-12-23/h3-12,17-21H,13-16H2,1-2H3,(H,29,31)(H,30,32)/t20-,21-/m1/s1. The van der Waals surface area contributed by atoms with Crippen molar-refractivity contribution in [3.8, 4) is 0 Å². The van der Waals surface area contributed by atoms with E-state index in [1.165, 1.54) is 17.3 Å². The maximum atomic E-state index is 12.5. The Labute approximate surface area is 190 Å². The molecule has 0 aliphatic heterocycles. The van der Waals surface area contributed by atoms with Gasteiger partial charge in [-0.05, 0) is 62.8 Å². The van der Waals surface area contributed by atoms with E-state index in [0.29, 0.717) is 11.3 Å². The number of amides is 2. The lowest BCUT2D eigenvalue weighted by Gasteiger charge is -2.15. The third kappa shape index (κ3) is 7.34. The van der Waals surface area contributed by atoms with Gasteiger partial charge in [0.15, 0.2) is 0 Å². The predicted octanol–water partition coefficient (Wildman–Crippen LogP) is 4.58. The largest absolute Gasteiger partial charge is 0.350 e. The fourth-order valence-corrected chi connectivity index (χ4v) is 3.47. The smallest absolute Gasteiger partial charge is 0.270 e. The molecule has 32 heavy (non-hydrogen) atoms. The SMILES string of the molecule is C[C@H](CCc1ccccc1)NC(=O)c1ccc(C(=O)N[C@H](C)CCc2ccccc2)nc1. The summed E-state index contributed by atoms with van der Waals surface area (Å²) in [6.07, 6.45) is 4.96. The first-order valence-electron chi connectivity index (χ1n) is 11.2. The molecule has 2 atom stereocenters. The molecule has 0 aliphatic rings. The second kappa shape index (κ2) is 11.8. The van der Waals surface area contributed by atoms with E-state index in [-0.39, 0.29) is 23.9 Å². The minimum atomic E-state index is -0.228. The van der Waals surface area contributed by atoms with Gasteiger partial charge in [0.05, 0.1) is 5.56 Å². The fraction of sp³-hybridized carbons (Fsp3) is 0.296. The van der Waals surface area contributed by atoms with E-state index in [9.17, 15) is 9.59 Å². The van der Waals surface area contributed by atoms with E-state index in [0.717, 1.165) is 25.7 Å². The first-order valence-corrected chi connectivity index (χ1v) is 11.2. The molecule has 2 amide bonds. The van der Waals surface area contributed by atoms with Gasteiger partial charge in [-0.2, -0.15) is 0 Å². The number of pyridine rings is 1. The van der Waals surface area contributed by atoms with Crippen molar-refractivity contribution in [2.24, 2.45) is 0 Å². The highest BCUT2D eigenvalue weighted by atomic mass is 16.2. The number of nitrogens with zero attached hydrogens (tertiary/aromatic N) is 1. The average molecular weight is 430 g/mol. The third-order valence-corrected chi connectivity index (χ3v) is 5.43.